The van der Waals surface area contributed by atoms with Gasteiger partial charge in [0.25, 0.3) is 0 Å². The monoisotopic (exact) mass is 181 g/mol. The summed E-state index contributed by atoms with van der Waals surface area (Å²) in [6, 6.07) is 0.664. The summed E-state index contributed by atoms with van der Waals surface area (Å²) in [5.74, 6) is 2.89. The summed E-state index contributed by atoms with van der Waals surface area (Å²) in [7, 11) is 1.78. The maximum absolute atomic E-state index is 5.32. The zero-order valence-corrected chi connectivity index (χ0v) is 8.55. The number of ether oxygens (including phenoxy) is 1. The van der Waals surface area contributed by atoms with Crippen LogP contribution in [0.4, 0.5) is 0 Å². The van der Waals surface area contributed by atoms with Crippen molar-refractivity contribution in [3.8, 4) is 0 Å². The molecule has 0 aromatic carbocycles. The molecule has 0 aromatic rings. The third kappa shape index (κ3) is 1.73. The predicted octanol–water partition coefficient (Wildman–Crippen LogP) is 1.92. The number of fused-ring (bicyclic) bond motifs is 1. The molecule has 74 valence electrons. The largest absolute Gasteiger partial charge is 0.501 e. The van der Waals surface area contributed by atoms with Gasteiger partial charge in [-0.05, 0) is 44.2 Å². The van der Waals surface area contributed by atoms with Crippen LogP contribution in [0.3, 0.4) is 0 Å². The molecule has 2 rings (SSSR count). The highest BCUT2D eigenvalue weighted by Crippen LogP contribution is 2.36. The Labute approximate surface area is 80.4 Å². The molecule has 2 aliphatic rings. The van der Waals surface area contributed by atoms with Gasteiger partial charge < -0.3 is 10.1 Å². The van der Waals surface area contributed by atoms with Crippen LogP contribution >= 0.6 is 0 Å². The second-order valence-electron chi connectivity index (χ2n) is 4.27. The van der Waals surface area contributed by atoms with Crippen molar-refractivity contribution >= 4 is 0 Å². The number of piperidine rings is 1. The van der Waals surface area contributed by atoms with E-state index in [4.69, 9.17) is 4.74 Å². The molecule has 0 aromatic heterocycles. The lowest BCUT2D eigenvalue weighted by Crippen LogP contribution is -2.45. The van der Waals surface area contributed by atoms with Crippen molar-refractivity contribution < 1.29 is 4.74 Å². The molecule has 0 bridgehead atoms. The summed E-state index contributed by atoms with van der Waals surface area (Å²) in [5.41, 5.74) is 0. The van der Waals surface area contributed by atoms with Gasteiger partial charge in [-0.2, -0.15) is 0 Å². The fraction of sp³-hybridized carbons (Fsp3) is 0.818. The zero-order chi connectivity index (χ0) is 9.26. The number of allylic oxidation sites excluding steroid dienone is 2. The molecule has 1 N–H and O–H groups in total. The minimum absolute atomic E-state index is 0.664. The van der Waals surface area contributed by atoms with Gasteiger partial charge in [0, 0.05) is 12.5 Å². The van der Waals surface area contributed by atoms with Crippen LogP contribution in [0.1, 0.15) is 26.2 Å². The number of hydrogen-bond acceptors (Lipinski definition) is 2. The Balaban J connectivity index is 2.06. The van der Waals surface area contributed by atoms with E-state index in [1.165, 1.54) is 25.1 Å². The van der Waals surface area contributed by atoms with Gasteiger partial charge in [0.15, 0.2) is 0 Å². The number of methoxy groups -OCH3 is 1. The van der Waals surface area contributed by atoms with Crippen LogP contribution in [0.15, 0.2) is 11.8 Å². The highest BCUT2D eigenvalue weighted by molar-refractivity contribution is 5.05. The fourth-order valence-corrected chi connectivity index (χ4v) is 2.67. The average Bonchev–Trinajstić information content (AvgIpc) is 2.18. The van der Waals surface area contributed by atoms with E-state index in [0.29, 0.717) is 6.04 Å². The van der Waals surface area contributed by atoms with Gasteiger partial charge >= 0.3 is 0 Å². The lowest BCUT2D eigenvalue weighted by Gasteiger charge is -2.39. The Morgan fingerprint density at radius 3 is 3.15 bits per heavy atom. The molecular weight excluding hydrogens is 162 g/mol. The summed E-state index contributed by atoms with van der Waals surface area (Å²) in [4.78, 5) is 0. The molecular formula is C11H19NO. The number of hydrogen-bond donors (Lipinski definition) is 1. The molecule has 0 spiro atoms. The molecule has 3 unspecified atom stereocenters. The fourth-order valence-electron chi connectivity index (χ4n) is 2.67. The van der Waals surface area contributed by atoms with E-state index < -0.39 is 0 Å². The maximum Gasteiger partial charge on any atom is 0.0919 e. The minimum atomic E-state index is 0.664. The molecule has 2 heteroatoms. The minimum Gasteiger partial charge on any atom is -0.501 e. The molecule has 3 atom stereocenters. The molecule has 0 saturated carbocycles. The lowest BCUT2D eigenvalue weighted by atomic mass is 9.74. The topological polar surface area (TPSA) is 21.3 Å². The Morgan fingerprint density at radius 1 is 1.54 bits per heavy atom. The first-order chi connectivity index (χ1) is 6.31. The Hall–Kier alpha value is -0.500. The zero-order valence-electron chi connectivity index (χ0n) is 8.55. The van der Waals surface area contributed by atoms with Crippen molar-refractivity contribution in [2.24, 2.45) is 11.8 Å². The van der Waals surface area contributed by atoms with Crippen molar-refractivity contribution in [3.05, 3.63) is 11.8 Å². The van der Waals surface area contributed by atoms with Crippen LogP contribution < -0.4 is 5.32 Å². The lowest BCUT2D eigenvalue weighted by molar-refractivity contribution is 0.149. The van der Waals surface area contributed by atoms with Gasteiger partial charge in [-0.3, -0.25) is 0 Å². The van der Waals surface area contributed by atoms with Gasteiger partial charge in [0.05, 0.1) is 12.9 Å². The van der Waals surface area contributed by atoms with E-state index in [1.54, 1.807) is 7.11 Å². The summed E-state index contributed by atoms with van der Waals surface area (Å²) >= 11 is 0. The second-order valence-corrected chi connectivity index (χ2v) is 4.27. The molecule has 1 aliphatic carbocycles. The van der Waals surface area contributed by atoms with Gasteiger partial charge in [0.1, 0.15) is 0 Å². The van der Waals surface area contributed by atoms with Gasteiger partial charge in [-0.15, -0.1) is 0 Å². The van der Waals surface area contributed by atoms with E-state index in [2.05, 4.69) is 18.3 Å². The third-order valence-electron chi connectivity index (χ3n) is 3.58. The van der Waals surface area contributed by atoms with Crippen LogP contribution in [0, 0.1) is 11.8 Å². The molecule has 13 heavy (non-hydrogen) atoms. The van der Waals surface area contributed by atoms with E-state index in [0.717, 1.165) is 18.3 Å². The summed E-state index contributed by atoms with van der Waals surface area (Å²) in [6.07, 6.45) is 5.97. The smallest absolute Gasteiger partial charge is 0.0919 e. The Morgan fingerprint density at radius 2 is 2.38 bits per heavy atom. The van der Waals surface area contributed by atoms with Crippen LogP contribution in [-0.2, 0) is 4.74 Å². The van der Waals surface area contributed by atoms with Crippen molar-refractivity contribution in [1.29, 1.82) is 0 Å². The van der Waals surface area contributed by atoms with Crippen LogP contribution in [0.5, 0.6) is 0 Å². The second kappa shape index (κ2) is 3.70. The molecule has 1 aliphatic heterocycles. The van der Waals surface area contributed by atoms with E-state index >= 15 is 0 Å². The van der Waals surface area contributed by atoms with E-state index in [1.807, 2.05) is 0 Å². The highest BCUT2D eigenvalue weighted by atomic mass is 16.5. The van der Waals surface area contributed by atoms with Crippen LogP contribution in [-0.4, -0.2) is 19.7 Å². The maximum atomic E-state index is 5.32. The van der Waals surface area contributed by atoms with Gasteiger partial charge in [-0.25, -0.2) is 0 Å². The normalized spacial score (nSPS) is 39.2. The molecule has 0 radical (unpaired) electrons. The Kier molecular flexibility index (Phi) is 2.58. The molecule has 1 saturated heterocycles. The van der Waals surface area contributed by atoms with Crippen molar-refractivity contribution in [2.45, 2.75) is 32.2 Å². The third-order valence-corrected chi connectivity index (χ3v) is 3.58. The first-order valence-corrected chi connectivity index (χ1v) is 5.27. The van der Waals surface area contributed by atoms with Crippen molar-refractivity contribution in [2.75, 3.05) is 13.7 Å². The van der Waals surface area contributed by atoms with Crippen molar-refractivity contribution in [3.63, 3.8) is 0 Å². The van der Waals surface area contributed by atoms with E-state index in [-0.39, 0.29) is 0 Å². The first kappa shape index (κ1) is 9.07. The average molecular weight is 181 g/mol. The highest BCUT2D eigenvalue weighted by Gasteiger charge is 2.33. The number of rotatable bonds is 1. The standard InChI is InChI=1S/C11H19NO/c1-8-11-7-10(13-2)4-3-9(11)5-6-12-8/h4,8-9,11-12H,3,5-7H2,1-2H3. The first-order valence-electron chi connectivity index (χ1n) is 5.27. The predicted molar refractivity (Wildman–Crippen MR) is 53.4 cm³/mol. The summed E-state index contributed by atoms with van der Waals surface area (Å²) in [5, 5.41) is 3.54. The van der Waals surface area contributed by atoms with Gasteiger partial charge in [0.2, 0.25) is 0 Å². The molecule has 2 nitrogen and oxygen atoms in total. The quantitative estimate of drug-likeness (QED) is 0.667. The van der Waals surface area contributed by atoms with Crippen LogP contribution in [0.2, 0.25) is 0 Å². The summed E-state index contributed by atoms with van der Waals surface area (Å²) in [6.45, 7) is 3.49. The SMILES string of the molecule is COC1=CCC2CCNC(C)C2C1. The van der Waals surface area contributed by atoms with Crippen LogP contribution in [0.25, 0.3) is 0 Å². The van der Waals surface area contributed by atoms with Crippen molar-refractivity contribution in [1.82, 2.24) is 5.32 Å². The molecule has 1 fully saturated rings. The van der Waals surface area contributed by atoms with E-state index in [9.17, 15) is 0 Å². The Bertz CT molecular complexity index is 212. The van der Waals surface area contributed by atoms with Gasteiger partial charge in [-0.1, -0.05) is 0 Å². The molecule has 1 heterocycles. The summed E-state index contributed by atoms with van der Waals surface area (Å²) < 4.78 is 5.32. The number of nitrogens with one attached hydrogen (secondary N) is 1. The molecule has 0 amide bonds.